The Bertz CT molecular complexity index is 673. The van der Waals surface area contributed by atoms with Gasteiger partial charge >= 0.3 is 5.97 Å². The van der Waals surface area contributed by atoms with E-state index >= 15 is 0 Å². The third-order valence-corrected chi connectivity index (χ3v) is 3.25. The lowest BCUT2D eigenvalue weighted by molar-refractivity contribution is -0.137. The highest BCUT2D eigenvalue weighted by molar-refractivity contribution is 5.78. The maximum absolute atomic E-state index is 10.7. The number of allylic oxidation sites excluding steroid dienone is 1. The summed E-state index contributed by atoms with van der Waals surface area (Å²) in [4.78, 5) is 15.3. The van der Waals surface area contributed by atoms with E-state index in [1.165, 1.54) is 0 Å². The predicted molar refractivity (Wildman–Crippen MR) is 81.7 cm³/mol. The molecule has 0 saturated heterocycles. The number of imidazole rings is 1. The first-order valence-corrected chi connectivity index (χ1v) is 6.90. The van der Waals surface area contributed by atoms with Crippen LogP contribution >= 0.6 is 0 Å². The van der Waals surface area contributed by atoms with E-state index < -0.39 is 5.97 Å². The van der Waals surface area contributed by atoms with Crippen molar-refractivity contribution in [1.29, 1.82) is 0 Å². The van der Waals surface area contributed by atoms with Crippen molar-refractivity contribution < 1.29 is 14.6 Å². The molecular weight excluding hydrogens is 268 g/mol. The molecule has 0 aliphatic rings. The highest BCUT2D eigenvalue weighted by Crippen LogP contribution is 2.23. The lowest BCUT2D eigenvalue weighted by atomic mass is 10.2. The molecule has 21 heavy (non-hydrogen) atoms. The first-order chi connectivity index (χ1) is 10.0. The normalized spacial score (nSPS) is 10.8. The van der Waals surface area contributed by atoms with E-state index in [-0.39, 0.29) is 6.42 Å². The molecule has 1 heterocycles. The third-order valence-electron chi connectivity index (χ3n) is 3.25. The van der Waals surface area contributed by atoms with Crippen LogP contribution in [-0.2, 0) is 17.8 Å². The van der Waals surface area contributed by atoms with Crippen LogP contribution in [0.4, 0.5) is 0 Å². The highest BCUT2D eigenvalue weighted by atomic mass is 16.5. The Kier molecular flexibility index (Phi) is 4.62. The number of nitrogens with zero attached hydrogens (tertiary/aromatic N) is 2. The van der Waals surface area contributed by atoms with Crippen molar-refractivity contribution >= 4 is 17.0 Å². The summed E-state index contributed by atoms with van der Waals surface area (Å²) < 4.78 is 7.32. The molecule has 0 unspecified atom stereocenters. The Morgan fingerprint density at radius 3 is 2.86 bits per heavy atom. The first-order valence-electron chi connectivity index (χ1n) is 6.90. The second-order valence-electron chi connectivity index (χ2n) is 5.17. The Morgan fingerprint density at radius 2 is 2.24 bits per heavy atom. The molecule has 0 radical (unpaired) electrons. The number of carbonyl (C=O) groups is 1. The number of aryl methyl sites for hydroxylation is 1. The van der Waals surface area contributed by atoms with E-state index in [2.05, 4.69) is 16.1 Å². The van der Waals surface area contributed by atoms with Crippen LogP contribution in [0.1, 0.15) is 25.6 Å². The maximum Gasteiger partial charge on any atom is 0.303 e. The summed E-state index contributed by atoms with van der Waals surface area (Å²) in [5.74, 6) is 0.876. The van der Waals surface area contributed by atoms with Crippen molar-refractivity contribution in [1.82, 2.24) is 9.55 Å². The fourth-order valence-electron chi connectivity index (χ4n) is 2.32. The molecule has 0 spiro atoms. The Labute approximate surface area is 123 Å². The van der Waals surface area contributed by atoms with E-state index in [0.29, 0.717) is 19.4 Å². The van der Waals surface area contributed by atoms with Crippen molar-refractivity contribution in [3.63, 3.8) is 0 Å². The summed E-state index contributed by atoms with van der Waals surface area (Å²) in [7, 11) is 1.62. The summed E-state index contributed by atoms with van der Waals surface area (Å²) in [5.41, 5.74) is 2.91. The topological polar surface area (TPSA) is 64.4 Å². The zero-order valence-corrected chi connectivity index (χ0v) is 12.4. The van der Waals surface area contributed by atoms with E-state index in [9.17, 15) is 4.79 Å². The molecule has 0 atom stereocenters. The minimum absolute atomic E-state index is 0.152. The Hall–Kier alpha value is -2.30. The maximum atomic E-state index is 10.7. The first kappa shape index (κ1) is 15.1. The number of carboxylic acid groups (broad SMARTS) is 1. The molecular formula is C16H20N2O3. The molecule has 1 aromatic heterocycles. The molecule has 0 aliphatic carbocycles. The summed E-state index contributed by atoms with van der Waals surface area (Å²) in [5, 5.41) is 8.76. The number of benzene rings is 1. The van der Waals surface area contributed by atoms with Crippen molar-refractivity contribution in [3.8, 4) is 5.75 Å². The molecule has 2 rings (SSSR count). The van der Waals surface area contributed by atoms with Gasteiger partial charge in [0.1, 0.15) is 11.6 Å². The van der Waals surface area contributed by atoms with Crippen molar-refractivity contribution in [2.75, 3.05) is 7.11 Å². The lowest BCUT2D eigenvalue weighted by Crippen LogP contribution is -2.06. The van der Waals surface area contributed by atoms with Crippen LogP contribution in [0.2, 0.25) is 0 Å². The second-order valence-corrected chi connectivity index (χ2v) is 5.17. The molecule has 1 aromatic carbocycles. The molecule has 112 valence electrons. The number of fused-ring (bicyclic) bond motifs is 1. The van der Waals surface area contributed by atoms with Gasteiger partial charge in [-0.25, -0.2) is 4.98 Å². The molecule has 1 N–H and O–H groups in total. The van der Waals surface area contributed by atoms with Crippen LogP contribution in [-0.4, -0.2) is 27.7 Å². The zero-order valence-electron chi connectivity index (χ0n) is 12.4. The van der Waals surface area contributed by atoms with E-state index in [1.54, 1.807) is 7.11 Å². The average Bonchev–Trinajstić information content (AvgIpc) is 2.75. The van der Waals surface area contributed by atoms with Gasteiger partial charge in [0.15, 0.2) is 0 Å². The van der Waals surface area contributed by atoms with Crippen LogP contribution in [0, 0.1) is 0 Å². The molecule has 2 aromatic rings. The number of hydrogen-bond acceptors (Lipinski definition) is 3. The summed E-state index contributed by atoms with van der Waals surface area (Å²) in [6, 6.07) is 5.77. The van der Waals surface area contributed by atoms with Crippen LogP contribution < -0.4 is 4.74 Å². The molecule has 0 bridgehead atoms. The molecule has 0 saturated carbocycles. The van der Waals surface area contributed by atoms with Crippen LogP contribution in [0.5, 0.6) is 5.75 Å². The van der Waals surface area contributed by atoms with Gasteiger partial charge in [0.05, 0.1) is 18.1 Å². The highest BCUT2D eigenvalue weighted by Gasteiger charge is 2.12. The van der Waals surface area contributed by atoms with Crippen LogP contribution in [0.3, 0.4) is 0 Å². The molecule has 5 heteroatoms. The predicted octanol–water partition coefficient (Wildman–Crippen LogP) is 3.03. The van der Waals surface area contributed by atoms with Gasteiger partial charge in [0.2, 0.25) is 0 Å². The van der Waals surface area contributed by atoms with Gasteiger partial charge < -0.3 is 14.4 Å². The van der Waals surface area contributed by atoms with Gasteiger partial charge in [-0.05, 0) is 25.5 Å². The van der Waals surface area contributed by atoms with Crippen molar-refractivity contribution in [2.45, 2.75) is 32.7 Å². The number of aliphatic carboxylic acids is 1. The van der Waals surface area contributed by atoms with Crippen molar-refractivity contribution in [3.05, 3.63) is 36.2 Å². The molecule has 0 amide bonds. The van der Waals surface area contributed by atoms with Gasteiger partial charge in [-0.1, -0.05) is 12.2 Å². The number of methoxy groups -OCH3 is 1. The van der Waals surface area contributed by atoms with Crippen LogP contribution in [0.25, 0.3) is 11.0 Å². The van der Waals surface area contributed by atoms with Gasteiger partial charge in [0.25, 0.3) is 0 Å². The zero-order chi connectivity index (χ0) is 15.4. The minimum atomic E-state index is -0.778. The minimum Gasteiger partial charge on any atom is -0.497 e. The standard InChI is InChI=1S/C16H20N2O3/c1-11(2)10-18-14-8-7-12(21-3)9-13(14)17-15(18)5-4-6-16(19)20/h7-9H,1,4-6,10H2,2-3H3,(H,19,20). The quantitative estimate of drug-likeness (QED) is 0.795. The number of rotatable bonds is 7. The van der Waals surface area contributed by atoms with Gasteiger partial charge in [-0.3, -0.25) is 4.79 Å². The van der Waals surface area contributed by atoms with Gasteiger partial charge in [-0.2, -0.15) is 0 Å². The van der Waals surface area contributed by atoms with E-state index in [4.69, 9.17) is 9.84 Å². The SMILES string of the molecule is C=C(C)Cn1c(CCCC(=O)O)nc2cc(OC)ccc21. The largest absolute Gasteiger partial charge is 0.497 e. The number of ether oxygens (including phenoxy) is 1. The number of aromatic nitrogens is 2. The van der Waals surface area contributed by atoms with Crippen LogP contribution in [0.15, 0.2) is 30.4 Å². The molecule has 0 aliphatic heterocycles. The number of carboxylic acids is 1. The Balaban J connectivity index is 2.36. The van der Waals surface area contributed by atoms with E-state index in [1.807, 2.05) is 25.1 Å². The van der Waals surface area contributed by atoms with Gasteiger partial charge in [0, 0.05) is 25.5 Å². The monoisotopic (exact) mass is 288 g/mol. The summed E-state index contributed by atoms with van der Waals surface area (Å²) in [6.07, 6.45) is 1.36. The smallest absolute Gasteiger partial charge is 0.303 e. The summed E-state index contributed by atoms with van der Waals surface area (Å²) in [6.45, 7) is 6.61. The van der Waals surface area contributed by atoms with Crippen molar-refractivity contribution in [2.24, 2.45) is 0 Å². The lowest BCUT2D eigenvalue weighted by Gasteiger charge is -2.08. The number of hydrogen-bond donors (Lipinski definition) is 1. The van der Waals surface area contributed by atoms with E-state index in [0.717, 1.165) is 28.2 Å². The fraction of sp³-hybridized carbons (Fsp3) is 0.375. The van der Waals surface area contributed by atoms with Gasteiger partial charge in [-0.15, -0.1) is 0 Å². The average molecular weight is 288 g/mol. The third kappa shape index (κ3) is 3.62. The molecule has 0 fully saturated rings. The summed E-state index contributed by atoms with van der Waals surface area (Å²) >= 11 is 0. The molecule has 5 nitrogen and oxygen atoms in total. The second kappa shape index (κ2) is 6.43. The fourth-order valence-corrected chi connectivity index (χ4v) is 2.32. The Morgan fingerprint density at radius 1 is 1.48 bits per heavy atom.